The predicted molar refractivity (Wildman–Crippen MR) is 63.9 cm³/mol. The lowest BCUT2D eigenvalue weighted by atomic mass is 10.3. The van der Waals surface area contributed by atoms with Crippen LogP contribution in [0.15, 0.2) is 23.2 Å². The molecule has 0 aliphatic carbocycles. The van der Waals surface area contributed by atoms with Crippen molar-refractivity contribution in [3.63, 3.8) is 0 Å². The van der Waals surface area contributed by atoms with Gasteiger partial charge in [0.05, 0.1) is 0 Å². The lowest BCUT2D eigenvalue weighted by molar-refractivity contribution is 0.578. The van der Waals surface area contributed by atoms with Crippen molar-refractivity contribution in [2.45, 2.75) is 24.7 Å². The lowest BCUT2D eigenvalue weighted by Gasteiger charge is -2.09. The summed E-state index contributed by atoms with van der Waals surface area (Å²) in [5.74, 6) is 0.367. The first-order valence-corrected chi connectivity index (χ1v) is 6.72. The molecule has 0 radical (unpaired) electrons. The molecule has 0 aliphatic heterocycles. The molecular formula is C10H17N3O2S. The van der Waals surface area contributed by atoms with Crippen molar-refractivity contribution < 1.29 is 8.42 Å². The van der Waals surface area contributed by atoms with Gasteiger partial charge in [-0.25, -0.2) is 18.1 Å². The first kappa shape index (κ1) is 12.9. The predicted octanol–water partition coefficient (Wildman–Crippen LogP) is 1.20. The maximum Gasteiger partial charge on any atom is 0.244 e. The van der Waals surface area contributed by atoms with Crippen LogP contribution >= 0.6 is 0 Å². The van der Waals surface area contributed by atoms with Crippen LogP contribution in [0.5, 0.6) is 0 Å². The van der Waals surface area contributed by atoms with Crippen LogP contribution in [0, 0.1) is 0 Å². The summed E-state index contributed by atoms with van der Waals surface area (Å²) in [6, 6.07) is 3.14. The molecule has 0 saturated carbocycles. The van der Waals surface area contributed by atoms with Crippen LogP contribution in [0.25, 0.3) is 0 Å². The third-order valence-corrected chi connectivity index (χ3v) is 3.61. The summed E-state index contributed by atoms with van der Waals surface area (Å²) in [7, 11) is -1.80. The maximum absolute atomic E-state index is 11.9. The topological polar surface area (TPSA) is 71.1 Å². The van der Waals surface area contributed by atoms with Crippen LogP contribution < -0.4 is 10.0 Å². The molecule has 0 bridgehead atoms. The molecule has 0 unspecified atom stereocenters. The molecule has 5 nitrogen and oxygen atoms in total. The molecule has 2 N–H and O–H groups in total. The van der Waals surface area contributed by atoms with Crippen molar-refractivity contribution in [3.05, 3.63) is 18.3 Å². The van der Waals surface area contributed by atoms with E-state index in [2.05, 4.69) is 15.0 Å². The Hall–Kier alpha value is -1.14. The number of aromatic nitrogens is 1. The monoisotopic (exact) mass is 243 g/mol. The van der Waals surface area contributed by atoms with E-state index in [1.807, 2.05) is 6.92 Å². The molecule has 1 heterocycles. The average molecular weight is 243 g/mol. The minimum Gasteiger partial charge on any atom is -0.372 e. The van der Waals surface area contributed by atoms with Gasteiger partial charge in [0.1, 0.15) is 10.7 Å². The zero-order chi connectivity index (χ0) is 12.0. The van der Waals surface area contributed by atoms with E-state index < -0.39 is 10.0 Å². The Morgan fingerprint density at radius 1 is 1.44 bits per heavy atom. The minimum absolute atomic E-state index is 0.189. The summed E-state index contributed by atoms with van der Waals surface area (Å²) in [5.41, 5.74) is 0. The molecule has 1 aromatic rings. The molecule has 0 saturated heterocycles. The Labute approximate surface area is 96.3 Å². The van der Waals surface area contributed by atoms with Gasteiger partial charge in [0, 0.05) is 19.8 Å². The van der Waals surface area contributed by atoms with Crippen LogP contribution in [0.3, 0.4) is 0 Å². The van der Waals surface area contributed by atoms with Crippen molar-refractivity contribution in [2.75, 3.05) is 18.9 Å². The van der Waals surface area contributed by atoms with E-state index in [0.29, 0.717) is 12.4 Å². The molecular weight excluding hydrogens is 226 g/mol. The summed E-state index contributed by atoms with van der Waals surface area (Å²) in [4.78, 5) is 4.15. The number of hydrogen-bond acceptors (Lipinski definition) is 4. The number of pyridine rings is 1. The molecule has 0 amide bonds. The van der Waals surface area contributed by atoms with Crippen LogP contribution in [-0.4, -0.2) is 27.0 Å². The molecule has 1 aromatic heterocycles. The molecule has 0 aliphatic rings. The second-order valence-corrected chi connectivity index (χ2v) is 5.09. The highest BCUT2D eigenvalue weighted by Gasteiger charge is 2.17. The number of nitrogens with one attached hydrogen (secondary N) is 2. The number of nitrogens with zero attached hydrogens (tertiary/aromatic N) is 1. The summed E-state index contributed by atoms with van der Waals surface area (Å²) in [6.45, 7) is 2.47. The molecule has 0 spiro atoms. The van der Waals surface area contributed by atoms with Gasteiger partial charge in [-0.3, -0.25) is 0 Å². The Kier molecular flexibility index (Phi) is 4.70. The number of rotatable bonds is 6. The minimum atomic E-state index is -3.45. The van der Waals surface area contributed by atoms with Gasteiger partial charge in [0.15, 0.2) is 0 Å². The lowest BCUT2D eigenvalue weighted by Crippen LogP contribution is -2.25. The van der Waals surface area contributed by atoms with Crippen LogP contribution in [0.4, 0.5) is 5.82 Å². The Morgan fingerprint density at radius 2 is 2.19 bits per heavy atom. The van der Waals surface area contributed by atoms with Gasteiger partial charge in [-0.1, -0.05) is 13.3 Å². The molecule has 1 rings (SSSR count). The summed E-state index contributed by atoms with van der Waals surface area (Å²) >= 11 is 0. The zero-order valence-electron chi connectivity index (χ0n) is 9.53. The Morgan fingerprint density at radius 3 is 2.81 bits per heavy atom. The molecule has 0 aromatic carbocycles. The van der Waals surface area contributed by atoms with Gasteiger partial charge in [-0.15, -0.1) is 0 Å². The third kappa shape index (κ3) is 3.18. The van der Waals surface area contributed by atoms with Gasteiger partial charge in [-0.05, 0) is 18.6 Å². The highest BCUT2D eigenvalue weighted by atomic mass is 32.2. The summed E-state index contributed by atoms with van der Waals surface area (Å²) in [6.07, 6.45) is 3.33. The second kappa shape index (κ2) is 5.81. The summed E-state index contributed by atoms with van der Waals surface area (Å²) in [5, 5.41) is 2.76. The van der Waals surface area contributed by atoms with Gasteiger partial charge >= 0.3 is 0 Å². The fraction of sp³-hybridized carbons (Fsp3) is 0.500. The van der Waals surface area contributed by atoms with Crippen molar-refractivity contribution in [1.82, 2.24) is 9.71 Å². The Bertz CT molecular complexity index is 431. The normalized spacial score (nSPS) is 11.4. The molecule has 90 valence electrons. The maximum atomic E-state index is 11.9. The number of anilines is 1. The molecule has 0 fully saturated rings. The van der Waals surface area contributed by atoms with Crippen molar-refractivity contribution >= 4 is 15.8 Å². The van der Waals surface area contributed by atoms with E-state index in [1.165, 1.54) is 6.07 Å². The third-order valence-electron chi connectivity index (χ3n) is 2.12. The van der Waals surface area contributed by atoms with Gasteiger partial charge in [0.2, 0.25) is 10.0 Å². The van der Waals surface area contributed by atoms with Crippen LogP contribution in [-0.2, 0) is 10.0 Å². The van der Waals surface area contributed by atoms with Gasteiger partial charge < -0.3 is 5.32 Å². The second-order valence-electron chi connectivity index (χ2n) is 3.35. The number of unbranched alkanes of at least 4 members (excludes halogenated alkanes) is 1. The Balaban J connectivity index is 2.89. The highest BCUT2D eigenvalue weighted by molar-refractivity contribution is 7.89. The van der Waals surface area contributed by atoms with Gasteiger partial charge in [-0.2, -0.15) is 0 Å². The standard InChI is InChI=1S/C10H17N3O2S/c1-3-4-8-13-16(14,15)9-6-5-7-12-10(9)11-2/h5-7,13H,3-4,8H2,1-2H3,(H,11,12). The summed E-state index contributed by atoms with van der Waals surface area (Å²) < 4.78 is 26.3. The van der Waals surface area contributed by atoms with Crippen molar-refractivity contribution in [1.29, 1.82) is 0 Å². The van der Waals surface area contributed by atoms with E-state index in [1.54, 1.807) is 19.3 Å². The fourth-order valence-corrected chi connectivity index (χ4v) is 2.49. The van der Waals surface area contributed by atoms with E-state index in [-0.39, 0.29) is 4.90 Å². The SMILES string of the molecule is CCCCNS(=O)(=O)c1cccnc1NC. The average Bonchev–Trinajstić information content (AvgIpc) is 2.29. The van der Waals surface area contributed by atoms with Crippen molar-refractivity contribution in [2.24, 2.45) is 0 Å². The molecule has 16 heavy (non-hydrogen) atoms. The van der Waals surface area contributed by atoms with E-state index >= 15 is 0 Å². The van der Waals surface area contributed by atoms with E-state index in [4.69, 9.17) is 0 Å². The smallest absolute Gasteiger partial charge is 0.244 e. The van der Waals surface area contributed by atoms with E-state index in [9.17, 15) is 8.42 Å². The van der Waals surface area contributed by atoms with Crippen molar-refractivity contribution in [3.8, 4) is 0 Å². The fourth-order valence-electron chi connectivity index (χ4n) is 1.26. The number of sulfonamides is 1. The first-order valence-electron chi connectivity index (χ1n) is 5.24. The zero-order valence-corrected chi connectivity index (χ0v) is 10.3. The largest absolute Gasteiger partial charge is 0.372 e. The molecule has 0 atom stereocenters. The molecule has 6 heteroatoms. The highest BCUT2D eigenvalue weighted by Crippen LogP contribution is 2.16. The van der Waals surface area contributed by atoms with E-state index in [0.717, 1.165) is 12.8 Å². The van der Waals surface area contributed by atoms with Crippen LogP contribution in [0.2, 0.25) is 0 Å². The quantitative estimate of drug-likeness (QED) is 0.737. The first-order chi connectivity index (χ1) is 7.61. The van der Waals surface area contributed by atoms with Crippen LogP contribution in [0.1, 0.15) is 19.8 Å². The number of hydrogen-bond donors (Lipinski definition) is 2. The van der Waals surface area contributed by atoms with Gasteiger partial charge in [0.25, 0.3) is 0 Å².